The number of ether oxygens (including phenoxy) is 1. The van der Waals surface area contributed by atoms with Crippen molar-refractivity contribution in [2.24, 2.45) is 11.8 Å². The van der Waals surface area contributed by atoms with E-state index in [9.17, 15) is 0 Å². The molecule has 0 heterocycles. The van der Waals surface area contributed by atoms with Crippen LogP contribution in [0.15, 0.2) is 0 Å². The first-order valence-corrected chi connectivity index (χ1v) is 4.62. The van der Waals surface area contributed by atoms with Gasteiger partial charge in [0.15, 0.2) is 0 Å². The first-order chi connectivity index (χ1) is 8.24. The van der Waals surface area contributed by atoms with Crippen LogP contribution < -0.4 is 0 Å². The molecular weight excluding hydrogens is 275 g/mol. The van der Waals surface area contributed by atoms with Gasteiger partial charge in [-0.25, -0.2) is 0 Å². The summed E-state index contributed by atoms with van der Waals surface area (Å²) >= 11 is 0. The van der Waals surface area contributed by atoms with Gasteiger partial charge in [0, 0.05) is 37.0 Å². The van der Waals surface area contributed by atoms with Gasteiger partial charge >= 0.3 is 33.9 Å². The molecule has 1 fully saturated rings. The third-order valence-corrected chi connectivity index (χ3v) is 1.96. The Morgan fingerprint density at radius 2 is 1.56 bits per heavy atom. The quantitative estimate of drug-likeness (QED) is 0.436. The fourth-order valence-corrected chi connectivity index (χ4v) is 1.13. The van der Waals surface area contributed by atoms with Gasteiger partial charge in [0.1, 0.15) is 6.10 Å². The van der Waals surface area contributed by atoms with Crippen LogP contribution in [0.3, 0.4) is 0 Å². The Morgan fingerprint density at radius 1 is 1.11 bits per heavy atom. The summed E-state index contributed by atoms with van der Waals surface area (Å²) in [5, 5.41) is 0. The summed E-state index contributed by atoms with van der Waals surface area (Å²) < 4.78 is 27.6. The SMILES string of the molecule is CO[C]1[CH][CH][CH]C(C(C)C)[CH]1.[C-]#[O+].[C-]#[O+].[C-]#[O+].[Mn]. The van der Waals surface area contributed by atoms with Crippen molar-refractivity contribution < 1.29 is 35.8 Å². The zero-order valence-corrected chi connectivity index (χ0v) is 11.7. The van der Waals surface area contributed by atoms with Crippen LogP contribution in [0.4, 0.5) is 0 Å². The van der Waals surface area contributed by atoms with Crippen molar-refractivity contribution in [1.82, 2.24) is 0 Å². The maximum Gasteiger partial charge on any atom is 0 e. The van der Waals surface area contributed by atoms with Crippen LogP contribution in [0.25, 0.3) is 0 Å². The van der Waals surface area contributed by atoms with E-state index in [-0.39, 0.29) is 17.1 Å². The van der Waals surface area contributed by atoms with Gasteiger partial charge in [0.25, 0.3) is 0 Å². The van der Waals surface area contributed by atoms with E-state index in [0.29, 0.717) is 11.8 Å². The topological polar surface area (TPSA) is 68.9 Å². The predicted octanol–water partition coefficient (Wildman–Crippen LogP) is 2.15. The van der Waals surface area contributed by atoms with Gasteiger partial charge in [-0.15, -0.1) is 0 Å². The minimum atomic E-state index is 0. The summed E-state index contributed by atoms with van der Waals surface area (Å²) in [5.41, 5.74) is 0. The van der Waals surface area contributed by atoms with Gasteiger partial charge in [0.05, 0.1) is 0 Å². The summed E-state index contributed by atoms with van der Waals surface area (Å²) in [7, 11) is 1.71. The third-order valence-electron chi connectivity index (χ3n) is 1.96. The van der Waals surface area contributed by atoms with Crippen molar-refractivity contribution in [1.29, 1.82) is 0 Å². The molecule has 6 radical (unpaired) electrons. The minimum absolute atomic E-state index is 0. The molecule has 4 nitrogen and oxygen atoms in total. The Balaban J connectivity index is -0.000000123. The van der Waals surface area contributed by atoms with Crippen molar-refractivity contribution in [2.45, 2.75) is 13.8 Å². The van der Waals surface area contributed by atoms with E-state index in [1.54, 1.807) is 7.11 Å². The van der Waals surface area contributed by atoms with E-state index in [2.05, 4.69) is 53.1 Å². The molecule has 1 rings (SSSR count). The first kappa shape index (κ1) is 26.3. The Bertz CT molecular complexity index is 197. The molecule has 1 saturated carbocycles. The molecule has 0 saturated heterocycles. The van der Waals surface area contributed by atoms with E-state index < -0.39 is 0 Å². The smallest absolute Gasteiger partial charge is 0 e. The molecule has 5 heteroatoms. The van der Waals surface area contributed by atoms with Crippen molar-refractivity contribution in [3.05, 3.63) is 51.7 Å². The van der Waals surface area contributed by atoms with E-state index in [1.165, 1.54) is 0 Å². The van der Waals surface area contributed by atoms with E-state index in [4.69, 9.17) is 18.7 Å². The van der Waals surface area contributed by atoms with Crippen LogP contribution >= 0.6 is 0 Å². The van der Waals surface area contributed by atoms with Crippen LogP contribution in [-0.4, -0.2) is 7.11 Å². The van der Waals surface area contributed by atoms with Gasteiger partial charge < -0.3 is 4.74 Å². The fourth-order valence-electron chi connectivity index (χ4n) is 1.13. The summed E-state index contributed by atoms with van der Waals surface area (Å²) in [5.74, 6) is 1.19. The predicted molar refractivity (Wildman–Crippen MR) is 57.6 cm³/mol. The van der Waals surface area contributed by atoms with Crippen LogP contribution in [0.1, 0.15) is 13.8 Å². The van der Waals surface area contributed by atoms with Crippen LogP contribution in [0, 0.1) is 63.6 Å². The second-order valence-corrected chi connectivity index (χ2v) is 3.15. The van der Waals surface area contributed by atoms with E-state index in [1.807, 2.05) is 6.42 Å². The molecule has 1 atom stereocenters. The van der Waals surface area contributed by atoms with Crippen LogP contribution in [0.5, 0.6) is 0 Å². The minimum Gasteiger partial charge on any atom is 0 e. The van der Waals surface area contributed by atoms with Crippen LogP contribution in [-0.2, 0) is 35.8 Å². The monoisotopic (exact) mass is 290 g/mol. The standard InChI is InChI=1S/C10H15O.3CO.Mn/c1-8(2)9-5-4-6-10(7-9)11-3;3*1-2;/h4-9H,1-3H3;;;;. The second kappa shape index (κ2) is 21.9. The molecule has 1 aliphatic rings. The average molecular weight is 290 g/mol. The van der Waals surface area contributed by atoms with Gasteiger partial charge in [0.2, 0.25) is 0 Å². The Kier molecular flexibility index (Phi) is 32.0. The van der Waals surface area contributed by atoms with E-state index >= 15 is 0 Å². The molecule has 0 N–H and O–H groups in total. The number of hydrogen-bond donors (Lipinski definition) is 0. The number of methoxy groups -OCH3 is 1. The Hall–Kier alpha value is -0.301. The molecule has 0 aromatic heterocycles. The maximum absolute atomic E-state index is 7.50. The summed E-state index contributed by atoms with van der Waals surface area (Å²) in [6.45, 7) is 17.9. The van der Waals surface area contributed by atoms with Gasteiger partial charge in [-0.1, -0.05) is 13.8 Å². The van der Waals surface area contributed by atoms with Gasteiger partial charge in [-0.2, -0.15) is 0 Å². The van der Waals surface area contributed by atoms with Crippen molar-refractivity contribution in [3.8, 4) is 0 Å². The summed E-state index contributed by atoms with van der Waals surface area (Å²) in [4.78, 5) is 0. The summed E-state index contributed by atoms with van der Waals surface area (Å²) in [6.07, 6.45) is 9.38. The normalized spacial score (nSPS) is 17.3. The average Bonchev–Trinajstić information content (AvgIpc) is 2.45. The van der Waals surface area contributed by atoms with Gasteiger partial charge in [-0.3, -0.25) is 0 Å². The second-order valence-electron chi connectivity index (χ2n) is 3.15. The molecule has 1 aliphatic carbocycles. The molecule has 98 valence electrons. The molecule has 0 spiro atoms. The molecule has 18 heavy (non-hydrogen) atoms. The fraction of sp³-hybridized carbons (Fsp3) is 0.385. The van der Waals surface area contributed by atoms with Crippen molar-refractivity contribution in [3.63, 3.8) is 0 Å². The molecule has 0 amide bonds. The first-order valence-electron chi connectivity index (χ1n) is 4.62. The van der Waals surface area contributed by atoms with Crippen LogP contribution in [0.2, 0.25) is 0 Å². The molecular formula is C13H15MnO4. The molecule has 0 bridgehead atoms. The maximum atomic E-state index is 7.50. The van der Waals surface area contributed by atoms with Crippen molar-refractivity contribution >= 4 is 0 Å². The number of rotatable bonds is 2. The van der Waals surface area contributed by atoms with E-state index in [0.717, 1.165) is 6.10 Å². The molecule has 0 aromatic carbocycles. The molecule has 0 aliphatic heterocycles. The Morgan fingerprint density at radius 3 is 1.89 bits per heavy atom. The zero-order valence-electron chi connectivity index (χ0n) is 10.5. The zero-order chi connectivity index (χ0) is 14.3. The Labute approximate surface area is 120 Å². The van der Waals surface area contributed by atoms with Crippen molar-refractivity contribution in [2.75, 3.05) is 7.11 Å². The largest absolute Gasteiger partial charge is 0 e. The summed E-state index contributed by atoms with van der Waals surface area (Å²) in [6, 6.07) is 0. The van der Waals surface area contributed by atoms with Gasteiger partial charge in [-0.05, 0) is 24.7 Å². The third kappa shape index (κ3) is 13.8. The molecule has 1 unspecified atom stereocenters. The number of hydrogen-bond acceptors (Lipinski definition) is 1. The molecule has 0 aromatic rings.